The van der Waals surface area contributed by atoms with Gasteiger partial charge in [-0.2, -0.15) is 0 Å². The van der Waals surface area contributed by atoms with Gasteiger partial charge in [0.1, 0.15) is 5.75 Å². The zero-order chi connectivity index (χ0) is 22.2. The molecule has 168 valence electrons. The number of methoxy groups -OCH3 is 1. The lowest BCUT2D eigenvalue weighted by molar-refractivity contribution is 0.0920. The summed E-state index contributed by atoms with van der Waals surface area (Å²) in [6.07, 6.45) is 8.57. The smallest absolute Gasteiger partial charge is 0.251 e. The molecule has 4 nitrogen and oxygen atoms in total. The number of likely N-dealkylation sites (N-methyl/N-ethyl adjacent to an activating group) is 1. The fourth-order valence-electron chi connectivity index (χ4n) is 4.87. The minimum absolute atomic E-state index is 0.00937. The van der Waals surface area contributed by atoms with Crippen LogP contribution in [0.3, 0.4) is 0 Å². The first-order valence-electron chi connectivity index (χ1n) is 11.7. The van der Waals surface area contributed by atoms with Crippen LogP contribution < -0.4 is 10.1 Å². The molecule has 0 saturated heterocycles. The molecule has 2 aromatic rings. The van der Waals surface area contributed by atoms with E-state index in [4.69, 9.17) is 4.74 Å². The zero-order valence-electron chi connectivity index (χ0n) is 19.6. The van der Waals surface area contributed by atoms with E-state index in [9.17, 15) is 4.79 Å². The van der Waals surface area contributed by atoms with Gasteiger partial charge in [0.25, 0.3) is 5.91 Å². The van der Waals surface area contributed by atoms with Gasteiger partial charge in [0.2, 0.25) is 0 Å². The molecule has 1 N–H and O–H groups in total. The minimum Gasteiger partial charge on any atom is -0.496 e. The molecule has 1 atom stereocenters. The molecule has 1 aliphatic carbocycles. The van der Waals surface area contributed by atoms with E-state index in [-0.39, 0.29) is 11.9 Å². The normalized spacial score (nSPS) is 15.6. The molecular weight excluding hydrogens is 384 g/mol. The number of amides is 1. The summed E-state index contributed by atoms with van der Waals surface area (Å²) in [5, 5.41) is 3.33. The van der Waals surface area contributed by atoms with E-state index < -0.39 is 0 Å². The Hall–Kier alpha value is -2.33. The number of aryl methyl sites for hydroxylation is 1. The fraction of sp³-hybridized carbons (Fsp3) is 0.519. The Balaban J connectivity index is 1.78. The van der Waals surface area contributed by atoms with Crippen molar-refractivity contribution in [3.63, 3.8) is 0 Å². The fourth-order valence-corrected chi connectivity index (χ4v) is 4.87. The highest BCUT2D eigenvalue weighted by atomic mass is 16.5. The lowest BCUT2D eigenvalue weighted by Gasteiger charge is -2.29. The third-order valence-corrected chi connectivity index (χ3v) is 6.38. The molecule has 0 spiro atoms. The van der Waals surface area contributed by atoms with E-state index in [1.807, 2.05) is 24.3 Å². The molecule has 1 fully saturated rings. The molecule has 4 heteroatoms. The third-order valence-electron chi connectivity index (χ3n) is 6.38. The molecule has 1 saturated carbocycles. The number of rotatable bonds is 9. The Morgan fingerprint density at radius 3 is 2.55 bits per heavy atom. The standard InChI is InChI=1S/C27H38N2O2/c1-5-21-13-10-16-25(26(21)31-4)22-14-9-15-23(18-22)27(30)28-24(19-29(2)3)17-20-11-7-6-8-12-20/h9-10,13-16,18,20,24H,5-8,11-12,17,19H2,1-4H3,(H,28,30)/t24-/m1/s1. The summed E-state index contributed by atoms with van der Waals surface area (Å²) in [6, 6.07) is 14.3. The van der Waals surface area contributed by atoms with E-state index in [2.05, 4.69) is 49.4 Å². The van der Waals surface area contributed by atoms with Crippen LogP contribution in [0.1, 0.15) is 61.4 Å². The number of nitrogens with zero attached hydrogens (tertiary/aromatic N) is 1. The van der Waals surface area contributed by atoms with Crippen molar-refractivity contribution in [2.24, 2.45) is 5.92 Å². The molecule has 2 aromatic carbocycles. The second-order valence-electron chi connectivity index (χ2n) is 9.10. The van der Waals surface area contributed by atoms with Crippen molar-refractivity contribution in [3.8, 4) is 16.9 Å². The predicted octanol–water partition coefficient (Wildman–Crippen LogP) is 5.56. The van der Waals surface area contributed by atoms with Crippen LogP contribution in [-0.2, 0) is 6.42 Å². The maximum absolute atomic E-state index is 13.2. The molecule has 31 heavy (non-hydrogen) atoms. The minimum atomic E-state index is 0.00937. The molecular formula is C27H38N2O2. The first-order valence-corrected chi connectivity index (χ1v) is 11.7. The first-order chi connectivity index (χ1) is 15.0. The average molecular weight is 423 g/mol. The van der Waals surface area contributed by atoms with Gasteiger partial charge >= 0.3 is 0 Å². The van der Waals surface area contributed by atoms with Gasteiger partial charge < -0.3 is 15.0 Å². The number of ether oxygens (including phenoxy) is 1. The first kappa shape index (κ1) is 23.3. The van der Waals surface area contributed by atoms with Crippen molar-refractivity contribution >= 4 is 5.91 Å². The highest BCUT2D eigenvalue weighted by Gasteiger charge is 2.22. The van der Waals surface area contributed by atoms with Crippen molar-refractivity contribution < 1.29 is 9.53 Å². The SMILES string of the molecule is CCc1cccc(-c2cccc(C(=O)N[C@H](CC3CCCCC3)CN(C)C)c2)c1OC. The Labute approximate surface area is 188 Å². The molecule has 0 unspecified atom stereocenters. The van der Waals surface area contributed by atoms with Gasteiger partial charge in [-0.3, -0.25) is 4.79 Å². The highest BCUT2D eigenvalue weighted by molar-refractivity contribution is 5.96. The van der Waals surface area contributed by atoms with Gasteiger partial charge in [-0.15, -0.1) is 0 Å². The van der Waals surface area contributed by atoms with Crippen LogP contribution in [-0.4, -0.2) is 44.6 Å². The summed E-state index contributed by atoms with van der Waals surface area (Å²) >= 11 is 0. The summed E-state index contributed by atoms with van der Waals surface area (Å²) < 4.78 is 5.71. The van der Waals surface area contributed by atoms with Crippen LogP contribution in [0.4, 0.5) is 0 Å². The number of carbonyl (C=O) groups is 1. The quantitative estimate of drug-likeness (QED) is 0.576. The number of carbonyl (C=O) groups excluding carboxylic acids is 1. The Morgan fingerprint density at radius 2 is 1.87 bits per heavy atom. The molecule has 0 aromatic heterocycles. The summed E-state index contributed by atoms with van der Waals surface area (Å²) in [4.78, 5) is 15.4. The zero-order valence-corrected chi connectivity index (χ0v) is 19.6. The maximum atomic E-state index is 13.2. The van der Waals surface area contributed by atoms with E-state index in [1.54, 1.807) is 7.11 Å². The Bertz CT molecular complexity index is 856. The Kier molecular flexibility index (Phi) is 8.53. The highest BCUT2D eigenvalue weighted by Crippen LogP contribution is 2.34. The molecule has 0 bridgehead atoms. The molecule has 3 rings (SSSR count). The van der Waals surface area contributed by atoms with Gasteiger partial charge in [-0.05, 0) is 56.1 Å². The number of para-hydroxylation sites is 1. The monoisotopic (exact) mass is 422 g/mol. The molecule has 0 heterocycles. The van der Waals surface area contributed by atoms with E-state index >= 15 is 0 Å². The third kappa shape index (κ3) is 6.33. The van der Waals surface area contributed by atoms with Gasteiger partial charge in [0.15, 0.2) is 0 Å². The van der Waals surface area contributed by atoms with Crippen molar-refractivity contribution in [2.45, 2.75) is 57.9 Å². The van der Waals surface area contributed by atoms with Crippen LogP contribution in [0.5, 0.6) is 5.75 Å². The van der Waals surface area contributed by atoms with E-state index in [0.29, 0.717) is 5.56 Å². The number of nitrogens with one attached hydrogen (secondary N) is 1. The van der Waals surface area contributed by atoms with Gasteiger partial charge in [0.05, 0.1) is 7.11 Å². The predicted molar refractivity (Wildman–Crippen MR) is 129 cm³/mol. The second kappa shape index (κ2) is 11.3. The van der Waals surface area contributed by atoms with Gasteiger partial charge in [-0.1, -0.05) is 69.4 Å². The number of hydrogen-bond donors (Lipinski definition) is 1. The van der Waals surface area contributed by atoms with Crippen LogP contribution in [0, 0.1) is 5.92 Å². The van der Waals surface area contributed by atoms with Crippen LogP contribution >= 0.6 is 0 Å². The average Bonchev–Trinajstić information content (AvgIpc) is 2.78. The van der Waals surface area contributed by atoms with E-state index in [0.717, 1.165) is 42.2 Å². The van der Waals surface area contributed by atoms with Gasteiger partial charge in [-0.25, -0.2) is 0 Å². The summed E-state index contributed by atoms with van der Waals surface area (Å²) in [6.45, 7) is 3.00. The summed E-state index contributed by atoms with van der Waals surface area (Å²) in [5.41, 5.74) is 3.92. The maximum Gasteiger partial charge on any atom is 0.251 e. The van der Waals surface area contributed by atoms with Gasteiger partial charge in [0, 0.05) is 23.7 Å². The second-order valence-corrected chi connectivity index (χ2v) is 9.10. The largest absolute Gasteiger partial charge is 0.496 e. The number of hydrogen-bond acceptors (Lipinski definition) is 3. The van der Waals surface area contributed by atoms with Crippen LogP contribution in [0.15, 0.2) is 42.5 Å². The molecule has 0 aliphatic heterocycles. The summed E-state index contributed by atoms with van der Waals surface area (Å²) in [5.74, 6) is 1.63. The van der Waals surface area contributed by atoms with Crippen LogP contribution in [0.25, 0.3) is 11.1 Å². The van der Waals surface area contributed by atoms with Crippen LogP contribution in [0.2, 0.25) is 0 Å². The van der Waals surface area contributed by atoms with Crippen molar-refractivity contribution in [1.29, 1.82) is 0 Å². The topological polar surface area (TPSA) is 41.6 Å². The van der Waals surface area contributed by atoms with Crippen molar-refractivity contribution in [2.75, 3.05) is 27.7 Å². The van der Waals surface area contributed by atoms with Crippen molar-refractivity contribution in [1.82, 2.24) is 10.2 Å². The number of benzene rings is 2. The van der Waals surface area contributed by atoms with Crippen molar-refractivity contribution in [3.05, 3.63) is 53.6 Å². The molecule has 1 amide bonds. The summed E-state index contributed by atoms with van der Waals surface area (Å²) in [7, 11) is 5.87. The molecule has 0 radical (unpaired) electrons. The lowest BCUT2D eigenvalue weighted by Crippen LogP contribution is -2.43. The lowest BCUT2D eigenvalue weighted by atomic mass is 9.84. The molecule has 1 aliphatic rings. The Morgan fingerprint density at radius 1 is 1.13 bits per heavy atom. The van der Waals surface area contributed by atoms with E-state index in [1.165, 1.54) is 37.7 Å².